The van der Waals surface area contributed by atoms with Gasteiger partial charge in [0.1, 0.15) is 5.75 Å². The van der Waals surface area contributed by atoms with Crippen LogP contribution in [0.5, 0.6) is 5.75 Å². The zero-order valence-corrected chi connectivity index (χ0v) is 8.76. The third-order valence-corrected chi connectivity index (χ3v) is 2.19. The second kappa shape index (κ2) is 4.87. The molecule has 0 bridgehead atoms. The van der Waals surface area contributed by atoms with E-state index in [9.17, 15) is 22.0 Å². The summed E-state index contributed by atoms with van der Waals surface area (Å²) in [6.45, 7) is 0. The van der Waals surface area contributed by atoms with E-state index in [1.807, 2.05) is 0 Å². The molecule has 0 saturated carbocycles. The molecule has 0 spiro atoms. The molecule has 2 N–H and O–H groups in total. The number of methoxy groups -OCH3 is 1. The van der Waals surface area contributed by atoms with Crippen LogP contribution in [0.25, 0.3) is 0 Å². The van der Waals surface area contributed by atoms with Crippen molar-refractivity contribution in [1.82, 2.24) is 0 Å². The van der Waals surface area contributed by atoms with Crippen LogP contribution in [0.2, 0.25) is 0 Å². The second-order valence-corrected chi connectivity index (χ2v) is 3.31. The van der Waals surface area contributed by atoms with Crippen molar-refractivity contribution in [2.45, 2.75) is 18.6 Å². The van der Waals surface area contributed by atoms with Crippen LogP contribution in [0.3, 0.4) is 0 Å². The number of ether oxygens (including phenoxy) is 1. The van der Waals surface area contributed by atoms with E-state index in [0.717, 1.165) is 13.2 Å². The highest BCUT2D eigenvalue weighted by Gasteiger charge is 2.32. The first-order valence-electron chi connectivity index (χ1n) is 4.56. The molecule has 1 rings (SSSR count). The predicted octanol–water partition coefficient (Wildman–Crippen LogP) is 2.98. The highest BCUT2D eigenvalue weighted by Crippen LogP contribution is 2.35. The van der Waals surface area contributed by atoms with Crippen LogP contribution >= 0.6 is 0 Å². The Kier molecular flexibility index (Phi) is 3.92. The lowest BCUT2D eigenvalue weighted by atomic mass is 10.0. The second-order valence-electron chi connectivity index (χ2n) is 3.31. The van der Waals surface area contributed by atoms with Gasteiger partial charge in [-0.1, -0.05) is 6.07 Å². The molecule has 0 fully saturated rings. The summed E-state index contributed by atoms with van der Waals surface area (Å²) in [4.78, 5) is 0. The SMILES string of the molecule is COc1cc(C(F)(F)F)ccc1[C@@H](N)C(F)F. The van der Waals surface area contributed by atoms with E-state index in [1.54, 1.807) is 0 Å². The molecule has 0 aliphatic heterocycles. The summed E-state index contributed by atoms with van der Waals surface area (Å²) >= 11 is 0. The van der Waals surface area contributed by atoms with Gasteiger partial charge in [-0.3, -0.25) is 0 Å². The standard InChI is InChI=1S/C10H10F5NO/c1-17-7-4-5(10(13,14)15)2-3-6(7)8(16)9(11)12/h2-4,8-9H,16H2,1H3/t8-/m1/s1. The Bertz CT molecular complexity index is 391. The van der Waals surface area contributed by atoms with E-state index in [1.165, 1.54) is 0 Å². The van der Waals surface area contributed by atoms with Gasteiger partial charge in [-0.05, 0) is 12.1 Å². The molecule has 0 aromatic heterocycles. The van der Waals surface area contributed by atoms with Crippen LogP contribution in [0.1, 0.15) is 17.2 Å². The molecule has 1 aromatic rings. The first kappa shape index (κ1) is 13.7. The molecule has 17 heavy (non-hydrogen) atoms. The van der Waals surface area contributed by atoms with E-state index < -0.39 is 24.2 Å². The van der Waals surface area contributed by atoms with Crippen LogP contribution in [0, 0.1) is 0 Å². The highest BCUT2D eigenvalue weighted by atomic mass is 19.4. The van der Waals surface area contributed by atoms with Crippen LogP contribution in [-0.2, 0) is 6.18 Å². The van der Waals surface area contributed by atoms with Gasteiger partial charge in [-0.15, -0.1) is 0 Å². The minimum atomic E-state index is -4.55. The predicted molar refractivity (Wildman–Crippen MR) is 50.9 cm³/mol. The molecular weight excluding hydrogens is 245 g/mol. The van der Waals surface area contributed by atoms with E-state index in [2.05, 4.69) is 4.74 Å². The zero-order chi connectivity index (χ0) is 13.2. The fourth-order valence-corrected chi connectivity index (χ4v) is 1.30. The Morgan fingerprint density at radius 1 is 1.24 bits per heavy atom. The zero-order valence-electron chi connectivity index (χ0n) is 8.76. The van der Waals surface area contributed by atoms with Crippen molar-refractivity contribution in [2.75, 3.05) is 7.11 Å². The van der Waals surface area contributed by atoms with Gasteiger partial charge in [0, 0.05) is 5.56 Å². The lowest BCUT2D eigenvalue weighted by Gasteiger charge is -2.16. The van der Waals surface area contributed by atoms with Gasteiger partial charge >= 0.3 is 6.18 Å². The van der Waals surface area contributed by atoms with Crippen molar-refractivity contribution < 1.29 is 26.7 Å². The number of halogens is 5. The summed E-state index contributed by atoms with van der Waals surface area (Å²) in [7, 11) is 1.09. The molecule has 0 aliphatic carbocycles. The van der Waals surface area contributed by atoms with Crippen LogP contribution in [0.15, 0.2) is 18.2 Å². The van der Waals surface area contributed by atoms with Gasteiger partial charge in [0.05, 0.1) is 18.7 Å². The van der Waals surface area contributed by atoms with E-state index >= 15 is 0 Å². The number of nitrogens with two attached hydrogens (primary N) is 1. The summed E-state index contributed by atoms with van der Waals surface area (Å²) in [6.07, 6.45) is -7.43. The number of alkyl halides is 5. The Labute approximate surface area is 94.2 Å². The van der Waals surface area contributed by atoms with Crippen molar-refractivity contribution >= 4 is 0 Å². The molecular formula is C10H10F5NO. The molecule has 0 unspecified atom stereocenters. The average molecular weight is 255 g/mol. The molecule has 0 radical (unpaired) electrons. The number of rotatable bonds is 3. The van der Waals surface area contributed by atoms with Crippen molar-refractivity contribution in [1.29, 1.82) is 0 Å². The Morgan fingerprint density at radius 3 is 2.24 bits per heavy atom. The van der Waals surface area contributed by atoms with Crippen molar-refractivity contribution in [3.05, 3.63) is 29.3 Å². The molecule has 0 amide bonds. The van der Waals surface area contributed by atoms with Crippen LogP contribution in [-0.4, -0.2) is 13.5 Å². The lowest BCUT2D eigenvalue weighted by Crippen LogP contribution is -2.20. The molecule has 96 valence electrons. The fourth-order valence-electron chi connectivity index (χ4n) is 1.30. The molecule has 1 atom stereocenters. The first-order valence-corrected chi connectivity index (χ1v) is 4.56. The molecule has 0 aliphatic rings. The monoisotopic (exact) mass is 255 g/mol. The Hall–Kier alpha value is -1.37. The highest BCUT2D eigenvalue weighted by molar-refractivity contribution is 5.40. The fraction of sp³-hybridized carbons (Fsp3) is 0.400. The maximum Gasteiger partial charge on any atom is 0.416 e. The quantitative estimate of drug-likeness (QED) is 0.843. The maximum absolute atomic E-state index is 12.4. The summed E-state index contributed by atoms with van der Waals surface area (Å²) < 4.78 is 66.4. The van der Waals surface area contributed by atoms with Crippen LogP contribution in [0.4, 0.5) is 22.0 Å². The third kappa shape index (κ3) is 3.06. The van der Waals surface area contributed by atoms with Crippen molar-refractivity contribution in [2.24, 2.45) is 5.73 Å². The number of benzene rings is 1. The summed E-state index contributed by atoms with van der Waals surface area (Å²) in [5.74, 6) is -0.298. The van der Waals surface area contributed by atoms with E-state index in [0.29, 0.717) is 12.1 Å². The molecule has 0 heterocycles. The molecule has 0 saturated heterocycles. The van der Waals surface area contributed by atoms with Crippen LogP contribution < -0.4 is 10.5 Å². The van der Waals surface area contributed by atoms with E-state index in [-0.39, 0.29) is 11.3 Å². The largest absolute Gasteiger partial charge is 0.496 e. The normalized spacial score (nSPS) is 13.9. The minimum absolute atomic E-state index is 0.157. The average Bonchev–Trinajstić information content (AvgIpc) is 2.25. The van der Waals surface area contributed by atoms with Crippen molar-refractivity contribution in [3.63, 3.8) is 0 Å². The minimum Gasteiger partial charge on any atom is -0.496 e. The van der Waals surface area contributed by atoms with Gasteiger partial charge in [0.2, 0.25) is 0 Å². The maximum atomic E-state index is 12.4. The van der Waals surface area contributed by atoms with Gasteiger partial charge in [0.15, 0.2) is 0 Å². The van der Waals surface area contributed by atoms with Gasteiger partial charge in [-0.2, -0.15) is 13.2 Å². The smallest absolute Gasteiger partial charge is 0.416 e. The summed E-state index contributed by atoms with van der Waals surface area (Å²) in [6, 6.07) is 0.572. The number of hydrogen-bond acceptors (Lipinski definition) is 2. The first-order chi connectivity index (χ1) is 7.77. The number of hydrogen-bond donors (Lipinski definition) is 1. The van der Waals surface area contributed by atoms with E-state index in [4.69, 9.17) is 5.73 Å². The molecule has 2 nitrogen and oxygen atoms in total. The van der Waals surface area contributed by atoms with Crippen molar-refractivity contribution in [3.8, 4) is 5.75 Å². The third-order valence-electron chi connectivity index (χ3n) is 2.19. The van der Waals surface area contributed by atoms with Gasteiger partial charge in [0.25, 0.3) is 6.43 Å². The molecule has 1 aromatic carbocycles. The topological polar surface area (TPSA) is 35.2 Å². The summed E-state index contributed by atoms with van der Waals surface area (Å²) in [5, 5.41) is 0. The molecule has 7 heteroatoms. The van der Waals surface area contributed by atoms with Gasteiger partial charge in [-0.25, -0.2) is 8.78 Å². The summed E-state index contributed by atoms with van der Waals surface area (Å²) in [5.41, 5.74) is 4.03. The Morgan fingerprint density at radius 2 is 1.82 bits per heavy atom. The Balaban J connectivity index is 3.19. The van der Waals surface area contributed by atoms with Gasteiger partial charge < -0.3 is 10.5 Å². The lowest BCUT2D eigenvalue weighted by molar-refractivity contribution is -0.137.